The van der Waals surface area contributed by atoms with Crippen molar-refractivity contribution in [2.24, 2.45) is 5.92 Å². The highest BCUT2D eigenvalue weighted by Gasteiger charge is 2.19. The van der Waals surface area contributed by atoms with Crippen LogP contribution in [0.4, 0.5) is 0 Å². The third-order valence-electron chi connectivity index (χ3n) is 3.96. The van der Waals surface area contributed by atoms with E-state index in [1.54, 1.807) is 17.8 Å². The van der Waals surface area contributed by atoms with Gasteiger partial charge in [-0.15, -0.1) is 10.2 Å². The van der Waals surface area contributed by atoms with Gasteiger partial charge in [0.2, 0.25) is 0 Å². The van der Waals surface area contributed by atoms with Crippen LogP contribution in [0.1, 0.15) is 30.9 Å². The van der Waals surface area contributed by atoms with Crippen LogP contribution in [0.25, 0.3) is 11.4 Å². The number of nitrogens with zero attached hydrogens (tertiary/aromatic N) is 4. The van der Waals surface area contributed by atoms with Crippen LogP contribution < -0.4 is 0 Å². The maximum Gasteiger partial charge on any atom is 0.191 e. The molecule has 0 amide bonds. The summed E-state index contributed by atoms with van der Waals surface area (Å²) in [7, 11) is 0. The number of halogens is 2. The van der Waals surface area contributed by atoms with E-state index in [1.165, 1.54) is 0 Å². The molecular weight excluding hydrogens is 391 g/mol. The molecule has 138 valence electrons. The highest BCUT2D eigenvalue weighted by atomic mass is 35.5. The molecule has 0 N–H and O–H groups in total. The van der Waals surface area contributed by atoms with E-state index in [9.17, 15) is 0 Å². The lowest BCUT2D eigenvalue weighted by Gasteiger charge is -2.13. The number of thioether (sulfide) groups is 1. The van der Waals surface area contributed by atoms with Gasteiger partial charge in [0.15, 0.2) is 11.0 Å². The van der Waals surface area contributed by atoms with E-state index in [-0.39, 0.29) is 0 Å². The Bertz CT molecular complexity index is 901. The van der Waals surface area contributed by atoms with Crippen molar-refractivity contribution in [3.8, 4) is 11.4 Å². The zero-order valence-corrected chi connectivity index (χ0v) is 17.4. The predicted octanol–water partition coefficient (Wildman–Crippen LogP) is 5.81. The average Bonchev–Trinajstić information content (AvgIpc) is 3.09. The molecular formula is C18H20Cl2N4OS. The standard InChI is InChI=1S/C18H20Cl2N4OS/c1-10(2)8-24-17(14-6-5-13(19)7-16(14)20)21-22-18(24)26-9-15-11(3)23-25-12(15)4/h5-7,10H,8-9H2,1-4H3. The smallest absolute Gasteiger partial charge is 0.191 e. The molecule has 1 aromatic carbocycles. The molecule has 5 nitrogen and oxygen atoms in total. The molecule has 0 bridgehead atoms. The van der Waals surface area contributed by atoms with E-state index in [2.05, 4.69) is 33.8 Å². The van der Waals surface area contributed by atoms with Crippen LogP contribution in [0.15, 0.2) is 27.9 Å². The van der Waals surface area contributed by atoms with Crippen molar-refractivity contribution in [1.82, 2.24) is 19.9 Å². The highest BCUT2D eigenvalue weighted by molar-refractivity contribution is 7.98. The van der Waals surface area contributed by atoms with Gasteiger partial charge in [-0.1, -0.05) is 54.0 Å². The largest absolute Gasteiger partial charge is 0.361 e. The molecule has 3 rings (SSSR count). The minimum atomic E-state index is 0.439. The molecule has 0 unspecified atom stereocenters. The third-order valence-corrected chi connectivity index (χ3v) is 5.50. The molecule has 2 aromatic heterocycles. The molecule has 3 aromatic rings. The lowest BCUT2D eigenvalue weighted by molar-refractivity contribution is 0.392. The number of aromatic nitrogens is 4. The summed E-state index contributed by atoms with van der Waals surface area (Å²) in [6.07, 6.45) is 0. The molecule has 26 heavy (non-hydrogen) atoms. The summed E-state index contributed by atoms with van der Waals surface area (Å²) < 4.78 is 7.36. The van der Waals surface area contributed by atoms with E-state index >= 15 is 0 Å². The average molecular weight is 411 g/mol. The van der Waals surface area contributed by atoms with Crippen molar-refractivity contribution in [3.05, 3.63) is 45.3 Å². The number of hydrogen-bond donors (Lipinski definition) is 0. The van der Waals surface area contributed by atoms with Gasteiger partial charge in [0.25, 0.3) is 0 Å². The minimum absolute atomic E-state index is 0.439. The summed E-state index contributed by atoms with van der Waals surface area (Å²) >= 11 is 14.0. The Hall–Kier alpha value is -1.50. The molecule has 8 heteroatoms. The SMILES string of the molecule is Cc1noc(C)c1CSc1nnc(-c2ccc(Cl)cc2Cl)n1CC(C)C. The Kier molecular flexibility index (Phi) is 5.95. The van der Waals surface area contributed by atoms with Crippen molar-refractivity contribution in [3.63, 3.8) is 0 Å². The fraction of sp³-hybridized carbons (Fsp3) is 0.389. The summed E-state index contributed by atoms with van der Waals surface area (Å²) in [5.41, 5.74) is 2.83. The van der Waals surface area contributed by atoms with Crippen molar-refractivity contribution in [2.75, 3.05) is 0 Å². The second-order valence-corrected chi connectivity index (χ2v) is 8.31. The molecule has 0 spiro atoms. The monoisotopic (exact) mass is 410 g/mol. The van der Waals surface area contributed by atoms with Crippen LogP contribution in [0.2, 0.25) is 10.0 Å². The number of hydrogen-bond acceptors (Lipinski definition) is 5. The molecule has 0 saturated heterocycles. The first-order valence-corrected chi connectivity index (χ1v) is 10.0. The second kappa shape index (κ2) is 8.03. The number of aryl methyl sites for hydroxylation is 2. The van der Waals surface area contributed by atoms with Gasteiger partial charge in [0.05, 0.1) is 10.7 Å². The van der Waals surface area contributed by atoms with Crippen LogP contribution in [0, 0.1) is 19.8 Å². The summed E-state index contributed by atoms with van der Waals surface area (Å²) in [5.74, 6) is 2.76. The van der Waals surface area contributed by atoms with Crippen molar-refractivity contribution >= 4 is 35.0 Å². The Morgan fingerprint density at radius 1 is 1.19 bits per heavy atom. The quantitative estimate of drug-likeness (QED) is 0.480. The van der Waals surface area contributed by atoms with Gasteiger partial charge in [0, 0.05) is 28.4 Å². The van der Waals surface area contributed by atoms with Crippen LogP contribution in [0.5, 0.6) is 0 Å². The van der Waals surface area contributed by atoms with Gasteiger partial charge in [-0.2, -0.15) is 0 Å². The zero-order chi connectivity index (χ0) is 18.8. The molecule has 0 atom stereocenters. The normalized spacial score (nSPS) is 11.5. The molecule has 0 aliphatic rings. The van der Waals surface area contributed by atoms with E-state index in [0.717, 1.165) is 45.9 Å². The van der Waals surface area contributed by atoms with Crippen LogP contribution in [0.3, 0.4) is 0 Å². The zero-order valence-electron chi connectivity index (χ0n) is 15.1. The molecule has 0 fully saturated rings. The van der Waals surface area contributed by atoms with Crippen LogP contribution in [-0.2, 0) is 12.3 Å². The van der Waals surface area contributed by atoms with Crippen molar-refractivity contribution in [2.45, 2.75) is 45.1 Å². The van der Waals surface area contributed by atoms with E-state index < -0.39 is 0 Å². The second-order valence-electron chi connectivity index (χ2n) is 6.53. The Balaban J connectivity index is 1.94. The van der Waals surface area contributed by atoms with Gasteiger partial charge in [0.1, 0.15) is 5.76 Å². The van der Waals surface area contributed by atoms with Gasteiger partial charge in [-0.25, -0.2) is 0 Å². The fourth-order valence-corrected chi connectivity index (χ4v) is 4.23. The van der Waals surface area contributed by atoms with Crippen LogP contribution >= 0.6 is 35.0 Å². The number of rotatable bonds is 6. The van der Waals surface area contributed by atoms with Gasteiger partial charge < -0.3 is 9.09 Å². The molecule has 2 heterocycles. The van der Waals surface area contributed by atoms with E-state index in [4.69, 9.17) is 27.7 Å². The molecule has 0 aliphatic heterocycles. The van der Waals surface area contributed by atoms with Crippen molar-refractivity contribution in [1.29, 1.82) is 0 Å². The first-order chi connectivity index (χ1) is 12.4. The molecule has 0 radical (unpaired) electrons. The van der Waals surface area contributed by atoms with E-state index in [1.807, 2.05) is 26.0 Å². The molecule has 0 saturated carbocycles. The van der Waals surface area contributed by atoms with Gasteiger partial charge in [-0.05, 0) is 38.0 Å². The maximum absolute atomic E-state index is 6.39. The fourth-order valence-electron chi connectivity index (χ4n) is 2.64. The van der Waals surface area contributed by atoms with Crippen molar-refractivity contribution < 1.29 is 4.52 Å². The Morgan fingerprint density at radius 3 is 2.58 bits per heavy atom. The Labute approximate surface area is 167 Å². The Morgan fingerprint density at radius 2 is 1.96 bits per heavy atom. The van der Waals surface area contributed by atoms with E-state index in [0.29, 0.717) is 16.0 Å². The third kappa shape index (κ3) is 4.08. The first kappa shape index (κ1) is 19.3. The summed E-state index contributed by atoms with van der Waals surface area (Å²) in [6, 6.07) is 5.42. The highest BCUT2D eigenvalue weighted by Crippen LogP contribution is 2.33. The maximum atomic E-state index is 6.39. The topological polar surface area (TPSA) is 56.7 Å². The lowest BCUT2D eigenvalue weighted by Crippen LogP contribution is -2.08. The number of benzene rings is 1. The lowest BCUT2D eigenvalue weighted by atomic mass is 10.2. The van der Waals surface area contributed by atoms with Gasteiger partial charge >= 0.3 is 0 Å². The summed E-state index contributed by atoms with van der Waals surface area (Å²) in [4.78, 5) is 0. The summed E-state index contributed by atoms with van der Waals surface area (Å²) in [5, 5.41) is 14.8. The summed E-state index contributed by atoms with van der Waals surface area (Å²) in [6.45, 7) is 9.00. The van der Waals surface area contributed by atoms with Crippen LogP contribution in [-0.4, -0.2) is 19.9 Å². The molecule has 0 aliphatic carbocycles. The van der Waals surface area contributed by atoms with Gasteiger partial charge in [-0.3, -0.25) is 0 Å². The predicted molar refractivity (Wildman–Crippen MR) is 106 cm³/mol. The minimum Gasteiger partial charge on any atom is -0.361 e. The first-order valence-electron chi connectivity index (χ1n) is 8.30.